The molecule has 3 heteroatoms. The third-order valence-electron chi connectivity index (χ3n) is 3.19. The molecule has 16 heavy (non-hydrogen) atoms. The second-order valence-corrected chi connectivity index (χ2v) is 5.07. The SMILES string of the molecule is CC1(C)OC2C=Cc3ccc(Cl)c(=O)c1c32. The summed E-state index contributed by atoms with van der Waals surface area (Å²) in [4.78, 5) is 12.2. The molecule has 1 atom stereocenters. The molecule has 0 fully saturated rings. The minimum absolute atomic E-state index is 0.0869. The molecule has 2 aliphatic rings. The highest BCUT2D eigenvalue weighted by atomic mass is 35.5. The van der Waals surface area contributed by atoms with Gasteiger partial charge in [-0.05, 0) is 25.5 Å². The zero-order valence-corrected chi connectivity index (χ0v) is 9.84. The average Bonchev–Trinajstić information content (AvgIpc) is 2.63. The summed E-state index contributed by atoms with van der Waals surface area (Å²) < 4.78 is 5.85. The Bertz CT molecular complexity index is 573. The lowest BCUT2D eigenvalue weighted by Gasteiger charge is -2.18. The lowest BCUT2D eigenvalue weighted by molar-refractivity contribution is -0.0304. The summed E-state index contributed by atoms with van der Waals surface area (Å²) in [5.74, 6) is 0. The van der Waals surface area contributed by atoms with Crippen molar-refractivity contribution in [2.45, 2.75) is 25.6 Å². The second kappa shape index (κ2) is 2.96. The zero-order valence-electron chi connectivity index (χ0n) is 9.08. The lowest BCUT2D eigenvalue weighted by Crippen LogP contribution is -2.23. The number of hydrogen-bond acceptors (Lipinski definition) is 2. The molecule has 0 radical (unpaired) electrons. The Morgan fingerprint density at radius 1 is 1.38 bits per heavy atom. The van der Waals surface area contributed by atoms with Crippen LogP contribution >= 0.6 is 11.6 Å². The van der Waals surface area contributed by atoms with Crippen molar-refractivity contribution in [1.29, 1.82) is 0 Å². The van der Waals surface area contributed by atoms with Gasteiger partial charge in [0.25, 0.3) is 0 Å². The quantitative estimate of drug-likeness (QED) is 0.690. The first kappa shape index (κ1) is 10.1. The van der Waals surface area contributed by atoms with Crippen molar-refractivity contribution >= 4 is 17.7 Å². The number of hydrogen-bond donors (Lipinski definition) is 0. The van der Waals surface area contributed by atoms with E-state index in [4.69, 9.17) is 16.3 Å². The van der Waals surface area contributed by atoms with Gasteiger partial charge in [-0.1, -0.05) is 29.8 Å². The number of rotatable bonds is 0. The van der Waals surface area contributed by atoms with E-state index in [9.17, 15) is 4.79 Å². The van der Waals surface area contributed by atoms with Gasteiger partial charge in [0.2, 0.25) is 5.43 Å². The zero-order chi connectivity index (χ0) is 11.5. The van der Waals surface area contributed by atoms with E-state index in [0.717, 1.165) is 11.1 Å². The molecule has 0 amide bonds. The molecule has 1 aromatic rings. The van der Waals surface area contributed by atoms with Crippen LogP contribution in [0.25, 0.3) is 6.08 Å². The number of ether oxygens (including phenoxy) is 1. The Kier molecular flexibility index (Phi) is 1.86. The van der Waals surface area contributed by atoms with Crippen LogP contribution in [0, 0.1) is 0 Å². The van der Waals surface area contributed by atoms with Crippen molar-refractivity contribution in [3.05, 3.63) is 50.1 Å². The summed E-state index contributed by atoms with van der Waals surface area (Å²) >= 11 is 5.96. The van der Waals surface area contributed by atoms with Crippen molar-refractivity contribution in [3.8, 4) is 0 Å². The summed E-state index contributed by atoms with van der Waals surface area (Å²) in [6.45, 7) is 3.82. The standard InChI is InChI=1S/C13H11ClO2/c1-13(2)11-10-7(4-6-9(10)16-13)3-5-8(14)12(11)15/h3-6,9H,1-2H3. The molecule has 1 unspecified atom stereocenters. The Balaban J connectivity index is 2.49. The van der Waals surface area contributed by atoms with Crippen LogP contribution in [0.5, 0.6) is 0 Å². The molecule has 1 aliphatic carbocycles. The predicted molar refractivity (Wildman–Crippen MR) is 63.6 cm³/mol. The predicted octanol–water partition coefficient (Wildman–Crippen LogP) is 3.03. The van der Waals surface area contributed by atoms with Gasteiger partial charge in [0, 0.05) is 11.1 Å². The van der Waals surface area contributed by atoms with Crippen LogP contribution in [-0.4, -0.2) is 0 Å². The molecule has 0 N–H and O–H groups in total. The fourth-order valence-electron chi connectivity index (χ4n) is 2.53. The molecular formula is C13H11ClO2. The number of halogens is 1. The Morgan fingerprint density at radius 2 is 2.12 bits per heavy atom. The minimum atomic E-state index is -0.556. The molecule has 0 bridgehead atoms. The van der Waals surface area contributed by atoms with E-state index in [1.54, 1.807) is 6.07 Å². The van der Waals surface area contributed by atoms with Gasteiger partial charge in [-0.2, -0.15) is 0 Å². The third-order valence-corrected chi connectivity index (χ3v) is 3.49. The smallest absolute Gasteiger partial charge is 0.203 e. The summed E-state index contributed by atoms with van der Waals surface area (Å²) in [6, 6.07) is 3.55. The fourth-order valence-corrected chi connectivity index (χ4v) is 2.68. The van der Waals surface area contributed by atoms with Crippen molar-refractivity contribution in [2.75, 3.05) is 0 Å². The first-order chi connectivity index (χ1) is 7.50. The van der Waals surface area contributed by atoms with Crippen molar-refractivity contribution in [1.82, 2.24) is 0 Å². The normalized spacial score (nSPS) is 23.6. The van der Waals surface area contributed by atoms with E-state index in [0.29, 0.717) is 5.56 Å². The van der Waals surface area contributed by atoms with Gasteiger partial charge in [-0.15, -0.1) is 0 Å². The van der Waals surface area contributed by atoms with Crippen LogP contribution in [0.2, 0.25) is 5.02 Å². The first-order valence-electron chi connectivity index (χ1n) is 5.24. The highest BCUT2D eigenvalue weighted by Crippen LogP contribution is 2.46. The maximum Gasteiger partial charge on any atom is 0.203 e. The van der Waals surface area contributed by atoms with Crippen molar-refractivity contribution in [2.24, 2.45) is 0 Å². The minimum Gasteiger partial charge on any atom is -0.359 e. The molecule has 0 saturated heterocycles. The lowest BCUT2D eigenvalue weighted by atomic mass is 9.96. The highest BCUT2D eigenvalue weighted by molar-refractivity contribution is 6.30. The molecule has 0 aromatic heterocycles. The van der Waals surface area contributed by atoms with Gasteiger partial charge >= 0.3 is 0 Å². The molecule has 1 aliphatic heterocycles. The molecular weight excluding hydrogens is 224 g/mol. The maximum absolute atomic E-state index is 12.2. The van der Waals surface area contributed by atoms with Crippen LogP contribution in [0.1, 0.15) is 36.6 Å². The van der Waals surface area contributed by atoms with Gasteiger partial charge in [0.15, 0.2) is 0 Å². The van der Waals surface area contributed by atoms with Crippen LogP contribution in [0.3, 0.4) is 0 Å². The highest BCUT2D eigenvalue weighted by Gasteiger charge is 2.41. The van der Waals surface area contributed by atoms with Gasteiger partial charge < -0.3 is 4.74 Å². The van der Waals surface area contributed by atoms with E-state index in [-0.39, 0.29) is 16.6 Å². The second-order valence-electron chi connectivity index (χ2n) is 4.66. The molecule has 0 saturated carbocycles. The topological polar surface area (TPSA) is 26.3 Å². The van der Waals surface area contributed by atoms with Crippen LogP contribution in [0.15, 0.2) is 23.0 Å². The maximum atomic E-state index is 12.2. The largest absolute Gasteiger partial charge is 0.359 e. The van der Waals surface area contributed by atoms with Crippen LogP contribution in [-0.2, 0) is 10.3 Å². The molecule has 1 heterocycles. The molecule has 0 spiro atoms. The van der Waals surface area contributed by atoms with Gasteiger partial charge in [0.05, 0.1) is 10.6 Å². The van der Waals surface area contributed by atoms with Crippen molar-refractivity contribution in [3.63, 3.8) is 0 Å². The van der Waals surface area contributed by atoms with E-state index >= 15 is 0 Å². The van der Waals surface area contributed by atoms with E-state index in [1.807, 2.05) is 32.1 Å². The third kappa shape index (κ3) is 1.14. The van der Waals surface area contributed by atoms with E-state index in [2.05, 4.69) is 0 Å². The first-order valence-corrected chi connectivity index (χ1v) is 5.62. The Hall–Kier alpha value is -1.12. The Labute approximate surface area is 98.5 Å². The monoisotopic (exact) mass is 234 g/mol. The molecule has 2 nitrogen and oxygen atoms in total. The Morgan fingerprint density at radius 3 is 2.88 bits per heavy atom. The summed E-state index contributed by atoms with van der Waals surface area (Å²) in [6.07, 6.45) is 3.88. The molecule has 3 rings (SSSR count). The summed E-state index contributed by atoms with van der Waals surface area (Å²) in [5, 5.41) is 0.259. The fraction of sp³-hybridized carbons (Fsp3) is 0.308. The molecule has 82 valence electrons. The van der Waals surface area contributed by atoms with Crippen LogP contribution < -0.4 is 5.43 Å². The van der Waals surface area contributed by atoms with Crippen molar-refractivity contribution < 1.29 is 4.74 Å². The van der Waals surface area contributed by atoms with E-state index in [1.165, 1.54) is 0 Å². The van der Waals surface area contributed by atoms with Gasteiger partial charge in [-0.25, -0.2) is 0 Å². The average molecular weight is 235 g/mol. The summed E-state index contributed by atoms with van der Waals surface area (Å²) in [7, 11) is 0. The summed E-state index contributed by atoms with van der Waals surface area (Å²) in [5.41, 5.74) is 2.06. The van der Waals surface area contributed by atoms with E-state index < -0.39 is 5.60 Å². The van der Waals surface area contributed by atoms with Gasteiger partial charge in [-0.3, -0.25) is 4.79 Å². The molecule has 1 aromatic carbocycles. The van der Waals surface area contributed by atoms with Gasteiger partial charge in [0.1, 0.15) is 6.10 Å². The van der Waals surface area contributed by atoms with Crippen LogP contribution in [0.4, 0.5) is 0 Å².